The number of carbonyl (C=O) groups excluding carboxylic acids is 2. The highest BCUT2D eigenvalue weighted by Crippen LogP contribution is 2.32. The number of hydrogen-bond acceptors (Lipinski definition) is 5. The first-order chi connectivity index (χ1) is 15.3. The van der Waals surface area contributed by atoms with Gasteiger partial charge in [0.05, 0.1) is 24.9 Å². The largest absolute Gasteiger partial charge is 0.453 e. The van der Waals surface area contributed by atoms with E-state index < -0.39 is 23.7 Å². The van der Waals surface area contributed by atoms with Crippen LogP contribution in [0.5, 0.6) is 0 Å². The molecule has 8 nitrogen and oxygen atoms in total. The Morgan fingerprint density at radius 2 is 2.12 bits per heavy atom. The van der Waals surface area contributed by atoms with E-state index in [1.165, 1.54) is 24.1 Å². The van der Waals surface area contributed by atoms with Crippen LogP contribution in [0.1, 0.15) is 46.2 Å². The number of hydrogen-bond donors (Lipinski definition) is 2. The van der Waals surface area contributed by atoms with Crippen molar-refractivity contribution in [2.45, 2.75) is 38.0 Å². The molecule has 1 aromatic carbocycles. The monoisotopic (exact) mass is 451 g/mol. The maximum atomic E-state index is 13.1. The molecule has 3 heterocycles. The van der Waals surface area contributed by atoms with Gasteiger partial charge in [-0.15, -0.1) is 0 Å². The van der Waals surface area contributed by atoms with Crippen molar-refractivity contribution in [1.82, 2.24) is 19.8 Å². The van der Waals surface area contributed by atoms with Crippen LogP contribution in [0, 0.1) is 0 Å². The fourth-order valence-electron chi connectivity index (χ4n) is 4.24. The second-order valence-electron chi connectivity index (χ2n) is 7.87. The first-order valence-electron chi connectivity index (χ1n) is 10.4. The zero-order chi connectivity index (χ0) is 22.9. The topological polar surface area (TPSA) is 88.5 Å². The van der Waals surface area contributed by atoms with Crippen molar-refractivity contribution in [3.05, 3.63) is 46.8 Å². The maximum Gasteiger partial charge on any atom is 0.416 e. The fraction of sp³-hybridized carbons (Fsp3) is 0.476. The summed E-state index contributed by atoms with van der Waals surface area (Å²) in [7, 11) is 1.31. The van der Waals surface area contributed by atoms with Gasteiger partial charge in [-0.1, -0.05) is 6.07 Å². The van der Waals surface area contributed by atoms with E-state index in [0.717, 1.165) is 37.2 Å². The molecule has 1 unspecified atom stereocenters. The van der Waals surface area contributed by atoms with Crippen molar-refractivity contribution in [2.75, 3.05) is 32.1 Å². The van der Waals surface area contributed by atoms with Gasteiger partial charge in [0, 0.05) is 36.8 Å². The van der Waals surface area contributed by atoms with E-state index in [-0.39, 0.29) is 24.1 Å². The molecule has 0 spiro atoms. The smallest absolute Gasteiger partial charge is 0.416 e. The summed E-state index contributed by atoms with van der Waals surface area (Å²) in [6.45, 7) is 2.28. The molecule has 11 heteroatoms. The number of benzene rings is 1. The number of methoxy groups -OCH3 is 1. The van der Waals surface area contributed by atoms with Crippen molar-refractivity contribution < 1.29 is 27.5 Å². The number of imidazole rings is 1. The van der Waals surface area contributed by atoms with E-state index in [1.54, 1.807) is 0 Å². The SMILES string of the molecule is COC(=O)N1CCc2c(nc(NC(=O)c3cccc(C(F)(F)F)c3)n2C2CCCNC2)C1. The fourth-order valence-corrected chi connectivity index (χ4v) is 4.24. The molecule has 0 aliphatic carbocycles. The van der Waals surface area contributed by atoms with Crippen LogP contribution >= 0.6 is 0 Å². The normalized spacial score (nSPS) is 18.8. The van der Waals surface area contributed by atoms with Crippen LogP contribution in [0.2, 0.25) is 0 Å². The molecule has 2 amide bonds. The molecule has 0 radical (unpaired) electrons. The van der Waals surface area contributed by atoms with E-state index in [9.17, 15) is 22.8 Å². The minimum Gasteiger partial charge on any atom is -0.453 e. The quantitative estimate of drug-likeness (QED) is 0.748. The summed E-state index contributed by atoms with van der Waals surface area (Å²) in [5, 5.41) is 6.03. The molecule has 4 rings (SSSR count). The second-order valence-corrected chi connectivity index (χ2v) is 7.87. The zero-order valence-electron chi connectivity index (χ0n) is 17.5. The van der Waals surface area contributed by atoms with Gasteiger partial charge in [-0.25, -0.2) is 9.78 Å². The van der Waals surface area contributed by atoms with Crippen LogP contribution in [0.4, 0.5) is 23.9 Å². The third-order valence-corrected chi connectivity index (χ3v) is 5.80. The Morgan fingerprint density at radius 3 is 2.81 bits per heavy atom. The first kappa shape index (κ1) is 22.1. The van der Waals surface area contributed by atoms with Gasteiger partial charge in [-0.3, -0.25) is 10.1 Å². The average molecular weight is 451 g/mol. The summed E-state index contributed by atoms with van der Waals surface area (Å²) in [6, 6.07) is 4.32. The van der Waals surface area contributed by atoms with E-state index in [2.05, 4.69) is 15.6 Å². The number of alkyl halides is 3. The number of ether oxygens (including phenoxy) is 1. The number of aromatic nitrogens is 2. The van der Waals surface area contributed by atoms with Crippen molar-refractivity contribution in [2.24, 2.45) is 0 Å². The number of halogens is 3. The van der Waals surface area contributed by atoms with Gasteiger partial charge in [0.1, 0.15) is 0 Å². The average Bonchev–Trinajstić information content (AvgIpc) is 3.15. The third kappa shape index (κ3) is 4.43. The lowest BCUT2D eigenvalue weighted by atomic mass is 10.1. The number of rotatable bonds is 3. The Morgan fingerprint density at radius 1 is 1.31 bits per heavy atom. The third-order valence-electron chi connectivity index (χ3n) is 5.80. The van der Waals surface area contributed by atoms with Gasteiger partial charge >= 0.3 is 12.3 Å². The van der Waals surface area contributed by atoms with Crippen molar-refractivity contribution >= 4 is 17.9 Å². The summed E-state index contributed by atoms with van der Waals surface area (Å²) in [4.78, 5) is 30.9. The summed E-state index contributed by atoms with van der Waals surface area (Å²) >= 11 is 0. The van der Waals surface area contributed by atoms with Gasteiger partial charge in [0.15, 0.2) is 0 Å². The molecule has 1 fully saturated rings. The lowest BCUT2D eigenvalue weighted by molar-refractivity contribution is -0.137. The highest BCUT2D eigenvalue weighted by Gasteiger charge is 2.33. The molecule has 2 N–H and O–H groups in total. The van der Waals surface area contributed by atoms with Crippen LogP contribution < -0.4 is 10.6 Å². The number of nitrogens with zero attached hydrogens (tertiary/aromatic N) is 3. The number of nitrogens with one attached hydrogen (secondary N) is 2. The molecule has 2 aromatic rings. The van der Waals surface area contributed by atoms with Crippen molar-refractivity contribution in [3.8, 4) is 0 Å². The second kappa shape index (κ2) is 8.81. The number of fused-ring (bicyclic) bond motifs is 1. The summed E-state index contributed by atoms with van der Waals surface area (Å²) < 4.78 is 45.9. The van der Waals surface area contributed by atoms with Crippen LogP contribution in [-0.2, 0) is 23.9 Å². The summed E-state index contributed by atoms with van der Waals surface area (Å²) in [6.07, 6.45) is -2.64. The Bertz CT molecular complexity index is 1010. The molecule has 2 aliphatic rings. The molecule has 0 bridgehead atoms. The molecule has 172 valence electrons. The van der Waals surface area contributed by atoms with Crippen molar-refractivity contribution in [1.29, 1.82) is 0 Å². The first-order valence-corrected chi connectivity index (χ1v) is 10.4. The molecule has 1 atom stereocenters. The van der Waals surface area contributed by atoms with Gasteiger partial charge < -0.3 is 19.5 Å². The van der Waals surface area contributed by atoms with Gasteiger partial charge in [0.25, 0.3) is 5.91 Å². The Hall–Kier alpha value is -3.08. The Balaban J connectivity index is 1.65. The van der Waals surface area contributed by atoms with Crippen LogP contribution in [0.15, 0.2) is 24.3 Å². The Kier molecular flexibility index (Phi) is 6.09. The predicted molar refractivity (Wildman–Crippen MR) is 109 cm³/mol. The molecule has 1 saturated heterocycles. The lowest BCUT2D eigenvalue weighted by Crippen LogP contribution is -2.38. The van der Waals surface area contributed by atoms with Crippen LogP contribution in [-0.4, -0.2) is 53.2 Å². The van der Waals surface area contributed by atoms with Gasteiger partial charge in [-0.2, -0.15) is 13.2 Å². The Labute approximate surface area is 182 Å². The minimum atomic E-state index is -4.54. The summed E-state index contributed by atoms with van der Waals surface area (Å²) in [5.74, 6) is -0.397. The number of piperidine rings is 1. The highest BCUT2D eigenvalue weighted by atomic mass is 19.4. The molecule has 0 saturated carbocycles. The number of anilines is 1. The van der Waals surface area contributed by atoms with E-state index in [4.69, 9.17) is 4.74 Å². The molecular formula is C21H24F3N5O3. The maximum absolute atomic E-state index is 13.1. The van der Waals surface area contributed by atoms with Crippen LogP contribution in [0.25, 0.3) is 0 Å². The van der Waals surface area contributed by atoms with E-state index >= 15 is 0 Å². The zero-order valence-corrected chi connectivity index (χ0v) is 17.5. The van der Waals surface area contributed by atoms with Gasteiger partial charge in [-0.05, 0) is 37.6 Å². The van der Waals surface area contributed by atoms with Crippen molar-refractivity contribution in [3.63, 3.8) is 0 Å². The number of carbonyl (C=O) groups is 2. The lowest BCUT2D eigenvalue weighted by Gasteiger charge is -2.30. The molecule has 32 heavy (non-hydrogen) atoms. The molecule has 1 aromatic heterocycles. The standard InChI is InChI=1S/C21H24F3N5O3/c1-32-20(31)28-9-7-17-16(12-28)26-19(29(17)15-6-3-8-25-11-15)27-18(30)13-4-2-5-14(10-13)21(22,23)24/h2,4-5,10,15,25H,3,6-9,11-12H2,1H3,(H,26,27,30). The molecular weight excluding hydrogens is 427 g/mol. The predicted octanol–water partition coefficient (Wildman–Crippen LogP) is 3.20. The van der Waals surface area contributed by atoms with Crippen LogP contribution in [0.3, 0.4) is 0 Å². The number of amides is 2. The highest BCUT2D eigenvalue weighted by molar-refractivity contribution is 6.03. The minimum absolute atomic E-state index is 0.0430. The molecule has 2 aliphatic heterocycles. The van der Waals surface area contributed by atoms with E-state index in [0.29, 0.717) is 25.2 Å². The van der Waals surface area contributed by atoms with Gasteiger partial charge in [0.2, 0.25) is 5.95 Å². The summed E-state index contributed by atoms with van der Waals surface area (Å²) in [5.41, 5.74) is 0.563. The van der Waals surface area contributed by atoms with E-state index in [1.807, 2.05) is 4.57 Å².